The second-order valence-electron chi connectivity index (χ2n) is 7.76. The number of hydrogen-bond donors (Lipinski definition) is 2. The lowest BCUT2D eigenvalue weighted by molar-refractivity contribution is -0.131. The third-order valence-corrected chi connectivity index (χ3v) is 7.64. The molecule has 0 spiro atoms. The lowest BCUT2D eigenvalue weighted by Gasteiger charge is -2.24. The lowest BCUT2D eigenvalue weighted by Crippen LogP contribution is -2.34. The summed E-state index contributed by atoms with van der Waals surface area (Å²) in [6.07, 6.45) is 1.62. The van der Waals surface area contributed by atoms with Crippen molar-refractivity contribution in [2.24, 2.45) is 0 Å². The van der Waals surface area contributed by atoms with E-state index in [1.165, 1.54) is 0 Å². The highest BCUT2D eigenvalue weighted by Crippen LogP contribution is 2.21. The Balaban J connectivity index is 1.72. The number of anilines is 1. The molecular formula is C24H28ClN3O3S2. The van der Waals surface area contributed by atoms with E-state index in [0.29, 0.717) is 43.2 Å². The molecule has 1 heterocycles. The molecule has 0 aliphatic heterocycles. The van der Waals surface area contributed by atoms with Crippen molar-refractivity contribution in [2.45, 2.75) is 37.6 Å². The van der Waals surface area contributed by atoms with E-state index in [1.807, 2.05) is 23.8 Å². The molecule has 0 unspecified atom stereocenters. The van der Waals surface area contributed by atoms with Gasteiger partial charge in [-0.1, -0.05) is 30.7 Å². The van der Waals surface area contributed by atoms with Gasteiger partial charge in [0.05, 0.1) is 11.3 Å². The van der Waals surface area contributed by atoms with Crippen LogP contribution < -0.4 is 10.5 Å². The smallest absolute Gasteiger partial charge is 0.240 e. The molecule has 0 bridgehead atoms. The fourth-order valence-electron chi connectivity index (χ4n) is 3.31. The van der Waals surface area contributed by atoms with Crippen molar-refractivity contribution in [1.82, 2.24) is 9.62 Å². The summed E-state index contributed by atoms with van der Waals surface area (Å²) in [7, 11) is -3.50. The third-order valence-electron chi connectivity index (χ3n) is 5.20. The summed E-state index contributed by atoms with van der Waals surface area (Å²) in [5.41, 5.74) is 9.41. The van der Waals surface area contributed by atoms with Crippen molar-refractivity contribution in [2.75, 3.05) is 18.8 Å². The average Bonchev–Trinajstić information content (AvgIpc) is 3.30. The minimum Gasteiger partial charge on any atom is -0.398 e. The Kier molecular flexibility index (Phi) is 8.91. The number of nitrogens with one attached hydrogen (secondary N) is 1. The summed E-state index contributed by atoms with van der Waals surface area (Å²) < 4.78 is 27.1. The first-order chi connectivity index (χ1) is 15.8. The number of benzene rings is 2. The first-order valence-corrected chi connectivity index (χ1v) is 13.5. The van der Waals surface area contributed by atoms with E-state index < -0.39 is 10.0 Å². The van der Waals surface area contributed by atoms with E-state index in [4.69, 9.17) is 17.3 Å². The molecular weight excluding hydrogens is 478 g/mol. The van der Waals surface area contributed by atoms with Gasteiger partial charge in [-0.05, 0) is 76.7 Å². The van der Waals surface area contributed by atoms with Gasteiger partial charge in [-0.15, -0.1) is 0 Å². The van der Waals surface area contributed by atoms with Crippen LogP contribution in [-0.2, 0) is 34.2 Å². The molecule has 0 saturated heterocycles. The van der Waals surface area contributed by atoms with E-state index in [0.717, 1.165) is 23.1 Å². The van der Waals surface area contributed by atoms with Crippen molar-refractivity contribution in [1.29, 1.82) is 0 Å². The van der Waals surface area contributed by atoms with Crippen molar-refractivity contribution in [3.63, 3.8) is 0 Å². The normalized spacial score (nSPS) is 11.5. The van der Waals surface area contributed by atoms with Gasteiger partial charge in [-0.25, -0.2) is 13.1 Å². The van der Waals surface area contributed by atoms with E-state index in [9.17, 15) is 13.2 Å². The molecule has 6 nitrogen and oxygen atoms in total. The van der Waals surface area contributed by atoms with Crippen LogP contribution in [0.1, 0.15) is 30.0 Å². The summed E-state index contributed by atoms with van der Waals surface area (Å²) in [5, 5.41) is 4.49. The fourth-order valence-corrected chi connectivity index (χ4v) is 5.30. The van der Waals surface area contributed by atoms with Crippen LogP contribution in [0.4, 0.5) is 5.69 Å². The number of nitrogens with two attached hydrogens (primary N) is 1. The third kappa shape index (κ3) is 7.30. The average molecular weight is 506 g/mol. The van der Waals surface area contributed by atoms with Crippen molar-refractivity contribution < 1.29 is 13.2 Å². The number of nitrogens with zero attached hydrogens (tertiary/aromatic N) is 1. The highest BCUT2D eigenvalue weighted by Gasteiger charge is 2.17. The predicted molar refractivity (Wildman–Crippen MR) is 135 cm³/mol. The number of amides is 1. The molecule has 0 aliphatic carbocycles. The molecule has 2 aromatic carbocycles. The van der Waals surface area contributed by atoms with Gasteiger partial charge in [0.2, 0.25) is 15.9 Å². The minimum absolute atomic E-state index is 0.00395. The highest BCUT2D eigenvalue weighted by molar-refractivity contribution is 7.89. The monoisotopic (exact) mass is 505 g/mol. The number of thiophene rings is 1. The number of carbonyl (C=O) groups excluding carboxylic acids is 1. The van der Waals surface area contributed by atoms with Crippen LogP contribution in [-0.4, -0.2) is 32.3 Å². The van der Waals surface area contributed by atoms with Gasteiger partial charge in [0.15, 0.2) is 0 Å². The SMILES string of the molecule is CCCNS(=O)(=O)c1ccc(CCN(Cc2cc(Cl)ccc2N)C(=O)Cc2ccsc2)cc1. The Bertz CT molecular complexity index is 1160. The molecule has 3 rings (SSSR count). The summed E-state index contributed by atoms with van der Waals surface area (Å²) in [6.45, 7) is 3.13. The van der Waals surface area contributed by atoms with Gasteiger partial charge in [0, 0.05) is 30.3 Å². The van der Waals surface area contributed by atoms with Crippen molar-refractivity contribution >= 4 is 44.6 Å². The number of halogens is 1. The Hall–Kier alpha value is -2.39. The first-order valence-electron chi connectivity index (χ1n) is 10.7. The second kappa shape index (κ2) is 11.7. The predicted octanol–water partition coefficient (Wildman–Crippen LogP) is 4.49. The van der Waals surface area contributed by atoms with Gasteiger partial charge in [-0.2, -0.15) is 11.3 Å². The van der Waals surface area contributed by atoms with Crippen LogP contribution in [0, 0.1) is 0 Å². The van der Waals surface area contributed by atoms with Crippen LogP contribution in [0.2, 0.25) is 5.02 Å². The highest BCUT2D eigenvalue weighted by atomic mass is 35.5. The van der Waals surface area contributed by atoms with Gasteiger partial charge in [-0.3, -0.25) is 4.79 Å². The Morgan fingerprint density at radius 1 is 1.12 bits per heavy atom. The lowest BCUT2D eigenvalue weighted by atomic mass is 10.1. The molecule has 1 aromatic heterocycles. The molecule has 9 heteroatoms. The molecule has 0 aliphatic rings. The van der Waals surface area contributed by atoms with Crippen LogP contribution in [0.3, 0.4) is 0 Å². The second-order valence-corrected chi connectivity index (χ2v) is 10.7. The minimum atomic E-state index is -3.50. The molecule has 3 N–H and O–H groups in total. The molecule has 1 amide bonds. The summed E-state index contributed by atoms with van der Waals surface area (Å²) in [4.78, 5) is 15.1. The Labute approximate surface area is 204 Å². The number of rotatable bonds is 11. The summed E-state index contributed by atoms with van der Waals surface area (Å²) >= 11 is 7.70. The standard InChI is InChI=1S/C24H28ClN3O3S2/c1-2-11-27-33(30,31)22-6-3-18(4-7-22)9-12-28(24(29)14-19-10-13-32-17-19)16-20-15-21(25)5-8-23(20)26/h3-8,10,13,15,17,27H,2,9,11-12,14,16,26H2,1H3. The maximum atomic E-state index is 13.1. The Morgan fingerprint density at radius 3 is 2.55 bits per heavy atom. The van der Waals surface area contributed by atoms with Crippen LogP contribution in [0.15, 0.2) is 64.2 Å². The van der Waals surface area contributed by atoms with E-state index >= 15 is 0 Å². The largest absolute Gasteiger partial charge is 0.398 e. The maximum absolute atomic E-state index is 13.1. The number of sulfonamides is 1. The number of nitrogen functional groups attached to an aromatic ring is 1. The first kappa shape index (κ1) is 25.2. The zero-order valence-electron chi connectivity index (χ0n) is 18.5. The zero-order valence-corrected chi connectivity index (χ0v) is 20.8. The molecule has 0 radical (unpaired) electrons. The molecule has 3 aromatic rings. The number of hydrogen-bond acceptors (Lipinski definition) is 5. The number of carbonyl (C=O) groups is 1. The van der Waals surface area contributed by atoms with Crippen molar-refractivity contribution in [3.05, 3.63) is 81.0 Å². The van der Waals surface area contributed by atoms with Crippen LogP contribution >= 0.6 is 22.9 Å². The summed E-state index contributed by atoms with van der Waals surface area (Å²) in [6, 6.07) is 14.0. The zero-order chi connectivity index (χ0) is 23.8. The molecule has 0 fully saturated rings. The maximum Gasteiger partial charge on any atom is 0.240 e. The topological polar surface area (TPSA) is 92.5 Å². The van der Waals surface area contributed by atoms with Gasteiger partial charge >= 0.3 is 0 Å². The molecule has 176 valence electrons. The van der Waals surface area contributed by atoms with Gasteiger partial charge in [0.25, 0.3) is 0 Å². The molecule has 33 heavy (non-hydrogen) atoms. The molecule has 0 atom stereocenters. The summed E-state index contributed by atoms with van der Waals surface area (Å²) in [5.74, 6) is -0.00395. The van der Waals surface area contributed by atoms with Gasteiger partial charge in [0.1, 0.15) is 0 Å². The van der Waals surface area contributed by atoms with Crippen molar-refractivity contribution in [3.8, 4) is 0 Å². The van der Waals surface area contributed by atoms with E-state index in [-0.39, 0.29) is 10.8 Å². The van der Waals surface area contributed by atoms with Crippen LogP contribution in [0.25, 0.3) is 0 Å². The van der Waals surface area contributed by atoms with Gasteiger partial charge < -0.3 is 10.6 Å². The van der Waals surface area contributed by atoms with E-state index in [1.54, 1.807) is 58.7 Å². The van der Waals surface area contributed by atoms with E-state index in [2.05, 4.69) is 4.72 Å². The van der Waals surface area contributed by atoms with Crippen LogP contribution in [0.5, 0.6) is 0 Å². The molecule has 0 saturated carbocycles. The quantitative estimate of drug-likeness (QED) is 0.375. The Morgan fingerprint density at radius 2 is 1.88 bits per heavy atom. The fraction of sp³-hybridized carbons (Fsp3) is 0.292.